The lowest BCUT2D eigenvalue weighted by atomic mass is 9.51. The lowest BCUT2D eigenvalue weighted by Gasteiger charge is -2.56. The maximum atomic E-state index is 13.9. The fourth-order valence-corrected chi connectivity index (χ4v) is 8.37. The Balaban J connectivity index is 1.32. The number of carboxylic acids is 2. The average Bonchev–Trinajstić information content (AvgIpc) is 3.11. The van der Waals surface area contributed by atoms with Gasteiger partial charge in [-0.05, 0) is 81.9 Å². The number of benzene rings is 3. The van der Waals surface area contributed by atoms with Crippen LogP contribution in [0.5, 0.6) is 5.75 Å². The van der Waals surface area contributed by atoms with Crippen LogP contribution in [0.4, 0.5) is 17.6 Å². The van der Waals surface area contributed by atoms with E-state index in [-0.39, 0.29) is 24.0 Å². The second kappa shape index (κ2) is 15.3. The molecule has 3 aromatic rings. The number of likely N-dealkylation sites (tertiary alicyclic amines) is 1. The Morgan fingerprint density at radius 3 is 2.00 bits per heavy atom. The van der Waals surface area contributed by atoms with Gasteiger partial charge in [-0.3, -0.25) is 9.59 Å². The van der Waals surface area contributed by atoms with Gasteiger partial charge in [0.05, 0.1) is 17.4 Å². The molecule has 0 saturated carbocycles. The molecule has 0 aromatic heterocycles. The van der Waals surface area contributed by atoms with Crippen molar-refractivity contribution < 1.29 is 46.8 Å². The van der Waals surface area contributed by atoms with Gasteiger partial charge in [0.2, 0.25) is 0 Å². The second-order valence-electron chi connectivity index (χ2n) is 14.0. The minimum atomic E-state index is -4.81. The fraction of sp³-hybridized carbons (Fsp3) is 0.487. The number of carbonyl (C=O) groups is 2. The van der Waals surface area contributed by atoms with E-state index < -0.39 is 59.1 Å². The summed E-state index contributed by atoms with van der Waals surface area (Å²) in [5.41, 5.74) is -1.04. The van der Waals surface area contributed by atoms with E-state index in [1.807, 2.05) is 12.1 Å². The molecule has 51 heavy (non-hydrogen) atoms. The van der Waals surface area contributed by atoms with Crippen molar-refractivity contribution in [3.63, 3.8) is 0 Å². The van der Waals surface area contributed by atoms with Crippen LogP contribution in [0.2, 0.25) is 0 Å². The molecule has 276 valence electrons. The van der Waals surface area contributed by atoms with E-state index in [0.717, 1.165) is 38.1 Å². The first-order chi connectivity index (χ1) is 24.2. The Kier molecular flexibility index (Phi) is 11.5. The van der Waals surface area contributed by atoms with Gasteiger partial charge in [0.15, 0.2) is 0 Å². The van der Waals surface area contributed by atoms with Crippen molar-refractivity contribution in [2.75, 3.05) is 32.8 Å². The number of rotatable bonds is 14. The van der Waals surface area contributed by atoms with E-state index in [1.165, 1.54) is 30.2 Å². The average molecular weight is 715 g/mol. The summed E-state index contributed by atoms with van der Waals surface area (Å²) >= 11 is 0. The van der Waals surface area contributed by atoms with Gasteiger partial charge in [-0.15, -0.1) is 0 Å². The highest BCUT2D eigenvalue weighted by Gasteiger charge is 2.65. The summed E-state index contributed by atoms with van der Waals surface area (Å²) in [6.45, 7) is 7.22. The van der Waals surface area contributed by atoms with Gasteiger partial charge in [-0.2, -0.15) is 17.6 Å². The van der Waals surface area contributed by atoms with Crippen LogP contribution in [0.25, 0.3) is 0 Å². The summed E-state index contributed by atoms with van der Waals surface area (Å²) in [6.07, 6.45) is -7.21. The molecule has 2 heterocycles. The van der Waals surface area contributed by atoms with Crippen molar-refractivity contribution >= 4 is 11.9 Å². The standard InChI is InChI=1S/C39H46F4N2O6/c1-26-36(3,34(46)47)32(28-11-10-16-31(25-28)51-39(42,43)33(40)41)38(35(48)49,27(2)44-26)19-23-50-24-22-45-20-17-37(18-21-45,29-12-6-4-7-13-29)30-14-8-5-9-15-30/h4-16,25-27,32-33,44H,17-24H2,1-3H3,(H,46,47)(H,48,49). The molecule has 3 aromatic carbocycles. The zero-order valence-electron chi connectivity index (χ0n) is 29.0. The number of aliphatic carboxylic acids is 2. The van der Waals surface area contributed by atoms with Crippen LogP contribution in [0.15, 0.2) is 84.9 Å². The Morgan fingerprint density at radius 2 is 1.47 bits per heavy atom. The molecule has 2 aliphatic rings. The van der Waals surface area contributed by atoms with Gasteiger partial charge >= 0.3 is 24.5 Å². The van der Waals surface area contributed by atoms with Gasteiger partial charge < -0.3 is 29.9 Å². The monoisotopic (exact) mass is 714 g/mol. The molecule has 2 saturated heterocycles. The molecule has 0 spiro atoms. The predicted molar refractivity (Wildman–Crippen MR) is 183 cm³/mol. The molecule has 5 atom stereocenters. The van der Waals surface area contributed by atoms with Crippen LogP contribution in [0.1, 0.15) is 62.6 Å². The molecule has 0 amide bonds. The highest BCUT2D eigenvalue weighted by molar-refractivity contribution is 5.84. The molecule has 8 nitrogen and oxygen atoms in total. The topological polar surface area (TPSA) is 108 Å². The van der Waals surface area contributed by atoms with Gasteiger partial charge in [0.25, 0.3) is 0 Å². The smallest absolute Gasteiger partial charge is 0.461 e. The van der Waals surface area contributed by atoms with E-state index in [4.69, 9.17) is 4.74 Å². The minimum absolute atomic E-state index is 0.0235. The maximum absolute atomic E-state index is 13.9. The zero-order chi connectivity index (χ0) is 37.0. The predicted octanol–water partition coefficient (Wildman–Crippen LogP) is 7.04. The van der Waals surface area contributed by atoms with Crippen LogP contribution in [-0.4, -0.2) is 84.5 Å². The highest BCUT2D eigenvalue weighted by atomic mass is 19.3. The normalized spacial score (nSPS) is 26.9. The summed E-state index contributed by atoms with van der Waals surface area (Å²) < 4.78 is 64.0. The largest absolute Gasteiger partial charge is 0.481 e. The van der Waals surface area contributed by atoms with Crippen LogP contribution < -0.4 is 10.1 Å². The van der Waals surface area contributed by atoms with E-state index in [2.05, 4.69) is 63.5 Å². The third-order valence-corrected chi connectivity index (χ3v) is 11.4. The Hall–Kier alpha value is -4.00. The Morgan fingerprint density at radius 1 is 0.882 bits per heavy atom. The first kappa shape index (κ1) is 38.2. The SMILES string of the molecule is CC1NC(C)C(CCOCCN2CCC(c3ccccc3)(c3ccccc3)CC2)(C(=O)O)C(c2cccc(OC(F)(F)C(F)F)c2)C1(C)C(=O)O. The van der Waals surface area contributed by atoms with Crippen LogP contribution >= 0.6 is 0 Å². The highest BCUT2D eigenvalue weighted by Crippen LogP contribution is 2.57. The third-order valence-electron chi connectivity index (χ3n) is 11.4. The number of hydrogen-bond acceptors (Lipinski definition) is 6. The minimum Gasteiger partial charge on any atom is -0.481 e. The number of carboxylic acid groups (broad SMARTS) is 2. The van der Waals surface area contributed by atoms with Gasteiger partial charge in [-0.25, -0.2) is 0 Å². The quantitative estimate of drug-likeness (QED) is 0.121. The fourth-order valence-electron chi connectivity index (χ4n) is 8.37. The molecule has 12 heteroatoms. The van der Waals surface area contributed by atoms with E-state index in [9.17, 15) is 37.4 Å². The van der Waals surface area contributed by atoms with Crippen molar-refractivity contribution in [2.45, 2.75) is 76.0 Å². The van der Waals surface area contributed by atoms with E-state index in [0.29, 0.717) is 13.2 Å². The summed E-state index contributed by atoms with van der Waals surface area (Å²) in [5, 5.41) is 24.6. The number of alkyl halides is 4. The molecule has 3 N–H and O–H groups in total. The maximum Gasteiger partial charge on any atom is 0.461 e. The Labute approximate surface area is 295 Å². The third kappa shape index (κ3) is 7.36. The number of halogens is 4. The molecular formula is C39H46F4N2O6. The summed E-state index contributed by atoms with van der Waals surface area (Å²) in [6, 6.07) is 24.2. The van der Waals surface area contributed by atoms with Crippen LogP contribution in [-0.2, 0) is 19.7 Å². The molecule has 0 bridgehead atoms. The molecular weight excluding hydrogens is 668 g/mol. The van der Waals surface area contributed by atoms with E-state index >= 15 is 0 Å². The van der Waals surface area contributed by atoms with Crippen LogP contribution in [0, 0.1) is 10.8 Å². The first-order valence-corrected chi connectivity index (χ1v) is 17.3. The van der Waals surface area contributed by atoms with Gasteiger partial charge in [0, 0.05) is 36.6 Å². The van der Waals surface area contributed by atoms with Crippen molar-refractivity contribution in [3.8, 4) is 5.75 Å². The first-order valence-electron chi connectivity index (χ1n) is 17.3. The van der Waals surface area contributed by atoms with Gasteiger partial charge in [-0.1, -0.05) is 72.8 Å². The van der Waals surface area contributed by atoms with Crippen molar-refractivity contribution in [1.29, 1.82) is 0 Å². The van der Waals surface area contributed by atoms with Crippen molar-refractivity contribution in [2.24, 2.45) is 10.8 Å². The zero-order valence-corrected chi connectivity index (χ0v) is 29.0. The number of nitrogens with zero attached hydrogens (tertiary/aromatic N) is 1. The van der Waals surface area contributed by atoms with Crippen molar-refractivity contribution in [1.82, 2.24) is 10.2 Å². The van der Waals surface area contributed by atoms with E-state index in [1.54, 1.807) is 13.8 Å². The molecule has 0 radical (unpaired) electrons. The number of ether oxygens (including phenoxy) is 2. The number of hydrogen-bond donors (Lipinski definition) is 3. The lowest BCUT2D eigenvalue weighted by molar-refractivity contribution is -0.253. The summed E-state index contributed by atoms with van der Waals surface area (Å²) in [4.78, 5) is 28.6. The van der Waals surface area contributed by atoms with Crippen LogP contribution in [0.3, 0.4) is 0 Å². The van der Waals surface area contributed by atoms with Crippen molar-refractivity contribution in [3.05, 3.63) is 102 Å². The molecule has 5 unspecified atom stereocenters. The Bertz CT molecular complexity index is 1600. The lowest BCUT2D eigenvalue weighted by Crippen LogP contribution is -2.69. The molecule has 2 fully saturated rings. The molecule has 2 aliphatic heterocycles. The second-order valence-corrected chi connectivity index (χ2v) is 14.0. The molecule has 5 rings (SSSR count). The molecule has 0 aliphatic carbocycles. The number of nitrogens with one attached hydrogen (secondary N) is 1. The van der Waals surface area contributed by atoms with Gasteiger partial charge in [0.1, 0.15) is 5.75 Å². The number of piperidine rings is 2. The summed E-state index contributed by atoms with van der Waals surface area (Å²) in [5.74, 6) is -4.52. The summed E-state index contributed by atoms with van der Waals surface area (Å²) in [7, 11) is 0.